The average Bonchev–Trinajstić information content (AvgIpc) is 3.47. The summed E-state index contributed by atoms with van der Waals surface area (Å²) < 4.78 is 5.86. The van der Waals surface area contributed by atoms with Crippen LogP contribution in [0.3, 0.4) is 0 Å². The maximum Gasteiger partial charge on any atom is 0.214 e. The fourth-order valence-corrected chi connectivity index (χ4v) is 3.93. The van der Waals surface area contributed by atoms with Crippen LogP contribution in [-0.4, -0.2) is 30.1 Å². The molecule has 0 atom stereocenters. The number of benzene rings is 1. The maximum atomic E-state index is 6.01. The van der Waals surface area contributed by atoms with Crippen molar-refractivity contribution in [2.75, 3.05) is 5.73 Å². The van der Waals surface area contributed by atoms with Crippen LogP contribution in [0.1, 0.15) is 5.56 Å². The van der Waals surface area contributed by atoms with E-state index in [2.05, 4.69) is 42.3 Å². The lowest BCUT2D eigenvalue weighted by Crippen LogP contribution is -1.97. The molecule has 1 aromatic carbocycles. The van der Waals surface area contributed by atoms with E-state index in [1.54, 1.807) is 24.8 Å². The number of ether oxygens (including phenoxy) is 1. The highest BCUT2D eigenvalue weighted by atomic mass is 16.5. The lowest BCUT2D eigenvalue weighted by atomic mass is 10.0. The summed E-state index contributed by atoms with van der Waals surface area (Å²) in [6.45, 7) is 0.405. The molecular weight excluding hydrogens is 414 g/mol. The van der Waals surface area contributed by atoms with Gasteiger partial charge in [-0.2, -0.15) is 5.10 Å². The minimum absolute atomic E-state index is 0.405. The largest absolute Gasteiger partial charge is 0.473 e. The first kappa shape index (κ1) is 19.0. The fraction of sp³-hybridized carbons (Fsp3) is 0.0400. The molecule has 0 aliphatic carbocycles. The number of aromatic amines is 2. The Morgan fingerprint density at radius 1 is 0.879 bits per heavy atom. The number of aromatic nitrogens is 6. The number of nitrogens with zero attached hydrogens (tertiary/aromatic N) is 4. The Labute approximate surface area is 188 Å². The Bertz CT molecular complexity index is 1590. The van der Waals surface area contributed by atoms with Crippen LogP contribution in [0.25, 0.3) is 44.3 Å². The Hall–Kier alpha value is -4.72. The second-order valence-electron chi connectivity index (χ2n) is 7.71. The van der Waals surface area contributed by atoms with Gasteiger partial charge in [-0.3, -0.25) is 10.1 Å². The summed E-state index contributed by atoms with van der Waals surface area (Å²) in [5, 5.41) is 8.95. The van der Waals surface area contributed by atoms with Crippen LogP contribution in [0.2, 0.25) is 0 Å². The van der Waals surface area contributed by atoms with Gasteiger partial charge >= 0.3 is 0 Å². The van der Waals surface area contributed by atoms with E-state index >= 15 is 0 Å². The van der Waals surface area contributed by atoms with E-state index in [1.165, 1.54) is 0 Å². The monoisotopic (exact) mass is 433 g/mol. The molecule has 8 heteroatoms. The normalized spacial score (nSPS) is 11.3. The van der Waals surface area contributed by atoms with E-state index in [1.807, 2.05) is 42.5 Å². The number of nitrogens with two attached hydrogens (primary N) is 1. The van der Waals surface area contributed by atoms with Crippen LogP contribution < -0.4 is 10.5 Å². The minimum Gasteiger partial charge on any atom is -0.473 e. The Morgan fingerprint density at radius 3 is 2.73 bits per heavy atom. The van der Waals surface area contributed by atoms with Gasteiger partial charge in [0, 0.05) is 58.4 Å². The standard InChI is InChI=1S/C25H19N7O/c26-24-20-10-16(3-4-21(20)31-32-24)18-6-9-29-25-19(18)12-22(30-25)17-5-8-28-23(11-17)33-14-15-2-1-7-27-13-15/h1-13H,14H2,(H,29,30)(H3,26,31,32). The molecule has 0 amide bonds. The van der Waals surface area contributed by atoms with Crippen molar-refractivity contribution in [2.24, 2.45) is 0 Å². The third-order valence-electron chi connectivity index (χ3n) is 5.59. The molecule has 0 unspecified atom stereocenters. The van der Waals surface area contributed by atoms with E-state index in [0.29, 0.717) is 18.3 Å². The first-order chi connectivity index (χ1) is 16.2. The van der Waals surface area contributed by atoms with Crippen molar-refractivity contribution < 1.29 is 4.74 Å². The molecule has 0 spiro atoms. The van der Waals surface area contributed by atoms with Gasteiger partial charge in [-0.1, -0.05) is 12.1 Å². The highest BCUT2D eigenvalue weighted by Gasteiger charge is 2.12. The molecule has 0 saturated carbocycles. The van der Waals surface area contributed by atoms with E-state index in [-0.39, 0.29) is 0 Å². The molecule has 160 valence electrons. The topological polar surface area (TPSA) is 118 Å². The van der Waals surface area contributed by atoms with Crippen molar-refractivity contribution in [3.05, 3.63) is 84.9 Å². The molecule has 0 radical (unpaired) electrons. The van der Waals surface area contributed by atoms with Crippen LogP contribution in [0, 0.1) is 0 Å². The zero-order valence-electron chi connectivity index (χ0n) is 17.5. The van der Waals surface area contributed by atoms with Crippen LogP contribution in [0.4, 0.5) is 5.82 Å². The number of hydrogen-bond acceptors (Lipinski definition) is 6. The summed E-state index contributed by atoms with van der Waals surface area (Å²) in [6, 6.07) is 17.9. The summed E-state index contributed by atoms with van der Waals surface area (Å²) in [7, 11) is 0. The molecular formula is C25H19N7O. The molecule has 0 fully saturated rings. The van der Waals surface area contributed by atoms with Gasteiger partial charge in [0.25, 0.3) is 0 Å². The predicted molar refractivity (Wildman–Crippen MR) is 127 cm³/mol. The number of rotatable bonds is 5. The lowest BCUT2D eigenvalue weighted by Gasteiger charge is -2.06. The third kappa shape index (κ3) is 3.53. The molecule has 0 aliphatic heterocycles. The number of H-pyrrole nitrogens is 2. The van der Waals surface area contributed by atoms with Crippen molar-refractivity contribution >= 4 is 27.8 Å². The number of pyridine rings is 3. The second kappa shape index (κ2) is 7.76. The van der Waals surface area contributed by atoms with Gasteiger partial charge in [-0.25, -0.2) is 9.97 Å². The molecule has 0 bridgehead atoms. The molecule has 5 aromatic heterocycles. The summed E-state index contributed by atoms with van der Waals surface area (Å²) in [5.41, 5.74) is 12.7. The van der Waals surface area contributed by atoms with Gasteiger partial charge in [0.2, 0.25) is 5.88 Å². The predicted octanol–water partition coefficient (Wildman–Crippen LogP) is 4.72. The third-order valence-corrected chi connectivity index (χ3v) is 5.59. The van der Waals surface area contributed by atoms with Gasteiger partial charge < -0.3 is 15.5 Å². The van der Waals surface area contributed by atoms with E-state index in [0.717, 1.165) is 49.9 Å². The second-order valence-corrected chi connectivity index (χ2v) is 7.71. The number of fused-ring (bicyclic) bond motifs is 2. The number of nitrogens with one attached hydrogen (secondary N) is 2. The molecule has 8 nitrogen and oxygen atoms in total. The van der Waals surface area contributed by atoms with Gasteiger partial charge in [-0.15, -0.1) is 0 Å². The average molecular weight is 433 g/mol. The van der Waals surface area contributed by atoms with Crippen molar-refractivity contribution in [3.8, 4) is 28.3 Å². The van der Waals surface area contributed by atoms with E-state index in [9.17, 15) is 0 Å². The first-order valence-corrected chi connectivity index (χ1v) is 10.4. The summed E-state index contributed by atoms with van der Waals surface area (Å²) in [4.78, 5) is 16.4. The zero-order valence-corrected chi connectivity index (χ0v) is 17.5. The minimum atomic E-state index is 0.405. The SMILES string of the molecule is Nc1n[nH]c2ccc(-c3ccnc4[nH]c(-c5ccnc(OCc6cccnc6)c5)cc34)cc12. The summed E-state index contributed by atoms with van der Waals surface area (Å²) >= 11 is 0. The van der Waals surface area contributed by atoms with Gasteiger partial charge in [0.15, 0.2) is 5.82 Å². The Morgan fingerprint density at radius 2 is 1.82 bits per heavy atom. The molecule has 5 heterocycles. The Kier molecular flexibility index (Phi) is 4.47. The van der Waals surface area contributed by atoms with Gasteiger partial charge in [0.05, 0.1) is 5.52 Å². The smallest absolute Gasteiger partial charge is 0.214 e. The molecule has 6 rings (SSSR count). The zero-order chi connectivity index (χ0) is 22.2. The molecule has 0 saturated heterocycles. The molecule has 4 N–H and O–H groups in total. The highest BCUT2D eigenvalue weighted by molar-refractivity contribution is 5.99. The van der Waals surface area contributed by atoms with Crippen LogP contribution in [0.5, 0.6) is 5.88 Å². The number of hydrogen-bond donors (Lipinski definition) is 3. The van der Waals surface area contributed by atoms with Crippen LogP contribution in [0.15, 0.2) is 79.4 Å². The molecule has 6 aromatic rings. The quantitative estimate of drug-likeness (QED) is 0.362. The van der Waals surface area contributed by atoms with Crippen molar-refractivity contribution in [1.29, 1.82) is 0 Å². The van der Waals surface area contributed by atoms with Crippen molar-refractivity contribution in [3.63, 3.8) is 0 Å². The van der Waals surface area contributed by atoms with Crippen LogP contribution >= 0.6 is 0 Å². The van der Waals surface area contributed by atoms with Crippen molar-refractivity contribution in [1.82, 2.24) is 30.1 Å². The number of nitrogen functional groups attached to an aromatic ring is 1. The summed E-state index contributed by atoms with van der Waals surface area (Å²) in [6.07, 6.45) is 7.06. The molecule has 0 aliphatic rings. The van der Waals surface area contributed by atoms with Crippen LogP contribution in [-0.2, 0) is 6.61 Å². The Balaban J connectivity index is 1.35. The summed E-state index contributed by atoms with van der Waals surface area (Å²) in [5.74, 6) is 1.03. The van der Waals surface area contributed by atoms with E-state index < -0.39 is 0 Å². The van der Waals surface area contributed by atoms with Crippen molar-refractivity contribution in [2.45, 2.75) is 6.61 Å². The molecule has 33 heavy (non-hydrogen) atoms. The van der Waals surface area contributed by atoms with Gasteiger partial charge in [0.1, 0.15) is 12.3 Å². The highest BCUT2D eigenvalue weighted by Crippen LogP contribution is 2.33. The lowest BCUT2D eigenvalue weighted by molar-refractivity contribution is 0.293. The number of anilines is 1. The first-order valence-electron chi connectivity index (χ1n) is 10.4. The van der Waals surface area contributed by atoms with E-state index in [4.69, 9.17) is 10.5 Å². The fourth-order valence-electron chi connectivity index (χ4n) is 3.93. The maximum absolute atomic E-state index is 6.01. The van der Waals surface area contributed by atoms with Gasteiger partial charge in [-0.05, 0) is 47.5 Å².